The topological polar surface area (TPSA) is 115 Å². The van der Waals surface area contributed by atoms with E-state index in [1.165, 1.54) is 23.6 Å². The number of carbonyl (C=O) groups excluding carboxylic acids is 2. The van der Waals surface area contributed by atoms with E-state index >= 15 is 0 Å². The van der Waals surface area contributed by atoms with Gasteiger partial charge in [0.25, 0.3) is 12.3 Å². The second-order valence-electron chi connectivity index (χ2n) is 13.0. The van der Waals surface area contributed by atoms with Gasteiger partial charge in [0.15, 0.2) is 11.4 Å². The van der Waals surface area contributed by atoms with Crippen molar-refractivity contribution in [3.05, 3.63) is 42.2 Å². The summed E-state index contributed by atoms with van der Waals surface area (Å²) < 4.78 is 40.5. The number of hydrogen-bond acceptors (Lipinski definition) is 7. The van der Waals surface area contributed by atoms with Gasteiger partial charge in [0.05, 0.1) is 11.7 Å². The van der Waals surface area contributed by atoms with Crippen molar-refractivity contribution in [2.24, 2.45) is 17.8 Å². The van der Waals surface area contributed by atoms with Gasteiger partial charge in [0, 0.05) is 24.5 Å². The van der Waals surface area contributed by atoms with Crippen LogP contribution in [0.25, 0.3) is 11.5 Å². The molecule has 2 aliphatic carbocycles. The summed E-state index contributed by atoms with van der Waals surface area (Å²) in [6, 6.07) is 3.30. The van der Waals surface area contributed by atoms with Gasteiger partial charge in [-0.1, -0.05) is 13.8 Å². The van der Waals surface area contributed by atoms with Crippen LogP contribution in [0.4, 0.5) is 25.1 Å². The molecule has 43 heavy (non-hydrogen) atoms. The Kier molecular flexibility index (Phi) is 8.84. The SMILES string of the molecule is CC(C)C1CCC(n2cc(NC(=O)c3coc(-c4ccnc(N(CC5CC5)C(=O)OC(C)(C)C)c4)n3)c(C(F)F)n2)CC1. The molecule has 5 rings (SSSR count). The number of pyridine rings is 1. The average Bonchev–Trinajstić information content (AvgIpc) is 3.45. The van der Waals surface area contributed by atoms with Crippen LogP contribution in [0.5, 0.6) is 0 Å². The first kappa shape index (κ1) is 30.6. The number of ether oxygens (including phenoxy) is 1. The molecule has 0 aliphatic heterocycles. The van der Waals surface area contributed by atoms with Gasteiger partial charge >= 0.3 is 6.09 Å². The quantitative estimate of drug-likeness (QED) is 0.269. The molecule has 0 radical (unpaired) electrons. The lowest BCUT2D eigenvalue weighted by atomic mass is 9.80. The van der Waals surface area contributed by atoms with Crippen LogP contribution < -0.4 is 10.2 Å². The minimum Gasteiger partial charge on any atom is -0.444 e. The molecule has 0 bridgehead atoms. The van der Waals surface area contributed by atoms with Crippen molar-refractivity contribution in [3.63, 3.8) is 0 Å². The molecule has 3 heterocycles. The molecule has 10 nitrogen and oxygen atoms in total. The van der Waals surface area contributed by atoms with Crippen LogP contribution >= 0.6 is 0 Å². The smallest absolute Gasteiger partial charge is 0.416 e. The average molecular weight is 599 g/mol. The third kappa shape index (κ3) is 7.58. The number of alkyl halides is 2. The highest BCUT2D eigenvalue weighted by molar-refractivity contribution is 6.03. The summed E-state index contributed by atoms with van der Waals surface area (Å²) >= 11 is 0. The fraction of sp³-hybridized carbons (Fsp3) is 0.581. The number of halogens is 2. The number of nitrogens with one attached hydrogen (secondary N) is 1. The van der Waals surface area contributed by atoms with Gasteiger partial charge in [-0.2, -0.15) is 5.10 Å². The van der Waals surface area contributed by atoms with E-state index in [0.29, 0.717) is 35.7 Å². The molecular formula is C31H40F2N6O4. The van der Waals surface area contributed by atoms with Crippen molar-refractivity contribution < 1.29 is 27.5 Å². The molecule has 0 unspecified atom stereocenters. The zero-order valence-corrected chi connectivity index (χ0v) is 25.3. The minimum atomic E-state index is -2.85. The minimum absolute atomic E-state index is 0.0119. The molecule has 0 aromatic carbocycles. The summed E-state index contributed by atoms with van der Waals surface area (Å²) in [6.07, 6.45) is 6.63. The first-order valence-corrected chi connectivity index (χ1v) is 15.0. The lowest BCUT2D eigenvalue weighted by Gasteiger charge is -2.30. The van der Waals surface area contributed by atoms with E-state index in [9.17, 15) is 18.4 Å². The second kappa shape index (κ2) is 12.4. The van der Waals surface area contributed by atoms with Crippen LogP contribution in [-0.4, -0.2) is 43.9 Å². The largest absolute Gasteiger partial charge is 0.444 e. The number of rotatable bonds is 9. The zero-order valence-electron chi connectivity index (χ0n) is 25.3. The van der Waals surface area contributed by atoms with Gasteiger partial charge < -0.3 is 14.5 Å². The van der Waals surface area contributed by atoms with Crippen LogP contribution in [0.15, 0.2) is 35.2 Å². The molecule has 1 N–H and O–H groups in total. The van der Waals surface area contributed by atoms with Gasteiger partial charge in [0.2, 0.25) is 5.89 Å². The summed E-state index contributed by atoms with van der Waals surface area (Å²) in [6.45, 7) is 10.3. The molecule has 0 saturated heterocycles. The Labute approximate surface area is 250 Å². The Bertz CT molecular complexity index is 1430. The molecule has 0 spiro atoms. The molecular weight excluding hydrogens is 558 g/mol. The van der Waals surface area contributed by atoms with Gasteiger partial charge in [0.1, 0.15) is 17.7 Å². The standard InChI is InChI=1S/C31H40F2N6O4/c1-18(2)20-8-10-22(11-9-20)39-16-23(26(37-39)27(32)33)35-28(40)24-17-42-29(36-24)21-12-13-34-25(14-21)38(15-19-6-7-19)30(41)43-31(3,4)5/h12-14,16-20,22,27H,6-11,15H2,1-5H3,(H,35,40). The molecule has 0 atom stereocenters. The molecule has 2 aliphatic rings. The first-order chi connectivity index (χ1) is 20.4. The van der Waals surface area contributed by atoms with Crippen LogP contribution in [-0.2, 0) is 4.74 Å². The maximum atomic E-state index is 13.9. The van der Waals surface area contributed by atoms with E-state index in [0.717, 1.165) is 38.5 Å². The van der Waals surface area contributed by atoms with Gasteiger partial charge in [-0.25, -0.2) is 23.5 Å². The molecule has 2 fully saturated rings. The van der Waals surface area contributed by atoms with E-state index in [1.807, 2.05) is 0 Å². The van der Waals surface area contributed by atoms with Gasteiger partial charge in [-0.05, 0) is 89.2 Å². The fourth-order valence-corrected chi connectivity index (χ4v) is 5.42. The summed E-state index contributed by atoms with van der Waals surface area (Å²) in [5.74, 6) is 1.39. The van der Waals surface area contributed by atoms with E-state index in [1.54, 1.807) is 37.6 Å². The lowest BCUT2D eigenvalue weighted by molar-refractivity contribution is 0.0577. The second-order valence-corrected chi connectivity index (χ2v) is 13.0. The van der Waals surface area contributed by atoms with Crippen LogP contribution in [0.1, 0.15) is 102 Å². The first-order valence-electron chi connectivity index (χ1n) is 15.0. The van der Waals surface area contributed by atoms with E-state index in [2.05, 4.69) is 34.2 Å². The van der Waals surface area contributed by atoms with Crippen LogP contribution in [0, 0.1) is 17.8 Å². The van der Waals surface area contributed by atoms with Crippen molar-refractivity contribution in [2.45, 2.75) is 91.2 Å². The lowest BCUT2D eigenvalue weighted by Crippen LogP contribution is -2.38. The molecule has 232 valence electrons. The maximum Gasteiger partial charge on any atom is 0.416 e. The molecule has 12 heteroatoms. The summed E-state index contributed by atoms with van der Waals surface area (Å²) in [5.41, 5.74) is -0.781. The molecule has 2 saturated carbocycles. The predicted octanol–water partition coefficient (Wildman–Crippen LogP) is 7.66. The zero-order chi connectivity index (χ0) is 30.9. The fourth-order valence-electron chi connectivity index (χ4n) is 5.42. The van der Waals surface area contributed by atoms with Crippen molar-refractivity contribution >= 4 is 23.5 Å². The predicted molar refractivity (Wildman–Crippen MR) is 157 cm³/mol. The number of nitrogens with zero attached hydrogens (tertiary/aromatic N) is 5. The summed E-state index contributed by atoms with van der Waals surface area (Å²) in [7, 11) is 0. The Hall–Kier alpha value is -3.83. The van der Waals surface area contributed by atoms with E-state index < -0.39 is 29.7 Å². The molecule has 2 amide bonds. The Morgan fingerprint density at radius 2 is 1.88 bits per heavy atom. The third-order valence-electron chi connectivity index (χ3n) is 8.03. The van der Waals surface area contributed by atoms with E-state index in [-0.39, 0.29) is 23.3 Å². The van der Waals surface area contributed by atoms with Crippen molar-refractivity contribution in [2.75, 3.05) is 16.8 Å². The summed E-state index contributed by atoms with van der Waals surface area (Å²) in [4.78, 5) is 36.2. The van der Waals surface area contributed by atoms with E-state index in [4.69, 9.17) is 9.15 Å². The molecule has 3 aromatic heterocycles. The Morgan fingerprint density at radius 3 is 2.51 bits per heavy atom. The Balaban J connectivity index is 1.31. The van der Waals surface area contributed by atoms with Crippen LogP contribution in [0.3, 0.4) is 0 Å². The van der Waals surface area contributed by atoms with Crippen LogP contribution in [0.2, 0.25) is 0 Å². The normalized spacial score (nSPS) is 19.1. The monoisotopic (exact) mass is 598 g/mol. The number of hydrogen-bond donors (Lipinski definition) is 1. The number of anilines is 2. The van der Waals surface area contributed by atoms with Crippen molar-refractivity contribution in [3.8, 4) is 11.5 Å². The number of amides is 2. The number of oxazole rings is 1. The van der Waals surface area contributed by atoms with Crippen molar-refractivity contribution in [1.82, 2.24) is 19.7 Å². The van der Waals surface area contributed by atoms with Crippen molar-refractivity contribution in [1.29, 1.82) is 0 Å². The third-order valence-corrected chi connectivity index (χ3v) is 8.03. The maximum absolute atomic E-state index is 13.9. The van der Waals surface area contributed by atoms with Gasteiger partial charge in [-0.15, -0.1) is 0 Å². The molecule has 3 aromatic rings. The van der Waals surface area contributed by atoms with Gasteiger partial charge in [-0.3, -0.25) is 14.4 Å². The highest BCUT2D eigenvalue weighted by atomic mass is 19.3. The highest BCUT2D eigenvalue weighted by Crippen LogP contribution is 2.37. The highest BCUT2D eigenvalue weighted by Gasteiger charge is 2.32. The number of aromatic nitrogens is 4. The number of carbonyl (C=O) groups is 2. The Morgan fingerprint density at radius 1 is 1.16 bits per heavy atom. The summed E-state index contributed by atoms with van der Waals surface area (Å²) in [5, 5.41) is 6.70.